The second-order valence-corrected chi connectivity index (χ2v) is 7.73. The van der Waals surface area contributed by atoms with Crippen LogP contribution in [0.4, 0.5) is 4.39 Å². The minimum Gasteiger partial charge on any atom is -0.493 e. The quantitative estimate of drug-likeness (QED) is 0.752. The average molecular weight is 416 g/mol. The first-order chi connectivity index (χ1) is 14.4. The molecule has 0 radical (unpaired) electrons. The average Bonchev–Trinajstić information content (AvgIpc) is 2.75. The maximum atomic E-state index is 13.1. The smallest absolute Gasteiger partial charge is 0.260 e. The molecule has 0 saturated carbocycles. The predicted octanol–water partition coefficient (Wildman–Crippen LogP) is 2.83. The molecule has 30 heavy (non-hydrogen) atoms. The Kier molecular flexibility index (Phi) is 7.29. The Morgan fingerprint density at radius 3 is 2.43 bits per heavy atom. The zero-order valence-corrected chi connectivity index (χ0v) is 17.7. The number of piperazine rings is 1. The van der Waals surface area contributed by atoms with Crippen LogP contribution < -0.4 is 9.47 Å². The first-order valence-electron chi connectivity index (χ1n) is 10.1. The summed E-state index contributed by atoms with van der Waals surface area (Å²) in [6.07, 6.45) is 0. The van der Waals surface area contributed by atoms with E-state index >= 15 is 0 Å². The number of aliphatic hydroxyl groups excluding tert-OH is 1. The number of carbonyl (C=O) groups excluding carboxylic acids is 1. The van der Waals surface area contributed by atoms with Gasteiger partial charge in [-0.2, -0.15) is 0 Å². The lowest BCUT2D eigenvalue weighted by molar-refractivity contribution is -0.139. The van der Waals surface area contributed by atoms with Gasteiger partial charge in [0.15, 0.2) is 18.1 Å². The number of hydrogen-bond acceptors (Lipinski definition) is 5. The van der Waals surface area contributed by atoms with Gasteiger partial charge in [-0.25, -0.2) is 4.39 Å². The van der Waals surface area contributed by atoms with Gasteiger partial charge in [0.2, 0.25) is 0 Å². The van der Waals surface area contributed by atoms with E-state index < -0.39 is 0 Å². The minimum absolute atomic E-state index is 0.0383. The summed E-state index contributed by atoms with van der Waals surface area (Å²) >= 11 is 0. The highest BCUT2D eigenvalue weighted by atomic mass is 19.1. The molecule has 2 aromatic rings. The summed E-state index contributed by atoms with van der Waals surface area (Å²) in [6.45, 7) is 6.00. The Hall–Kier alpha value is -2.64. The van der Waals surface area contributed by atoms with E-state index in [1.165, 1.54) is 19.2 Å². The van der Waals surface area contributed by atoms with Crippen molar-refractivity contribution < 1.29 is 23.8 Å². The zero-order valence-electron chi connectivity index (χ0n) is 17.7. The highest BCUT2D eigenvalue weighted by Gasteiger charge is 2.32. The molecule has 3 rings (SSSR count). The number of ether oxygens (including phenoxy) is 2. The third-order valence-electron chi connectivity index (χ3n) is 5.50. The van der Waals surface area contributed by atoms with E-state index in [-0.39, 0.29) is 37.0 Å². The Balaban J connectivity index is 1.58. The maximum absolute atomic E-state index is 13.1. The van der Waals surface area contributed by atoms with Crippen molar-refractivity contribution in [1.82, 2.24) is 9.80 Å². The Morgan fingerprint density at radius 1 is 1.07 bits per heavy atom. The topological polar surface area (TPSA) is 62.2 Å². The molecule has 1 N–H and O–H groups in total. The van der Waals surface area contributed by atoms with Gasteiger partial charge < -0.3 is 19.5 Å². The number of benzene rings is 2. The summed E-state index contributed by atoms with van der Waals surface area (Å²) in [5.41, 5.74) is 1.77. The van der Waals surface area contributed by atoms with Gasteiger partial charge >= 0.3 is 0 Å². The molecule has 1 saturated heterocycles. The molecule has 6 nitrogen and oxygen atoms in total. The Bertz CT molecular complexity index is 859. The third kappa shape index (κ3) is 5.29. The van der Waals surface area contributed by atoms with Crippen molar-refractivity contribution in [2.24, 2.45) is 0 Å². The monoisotopic (exact) mass is 416 g/mol. The van der Waals surface area contributed by atoms with Gasteiger partial charge in [-0.3, -0.25) is 9.69 Å². The molecule has 1 aliphatic heterocycles. The molecule has 1 amide bonds. The molecule has 2 atom stereocenters. The van der Waals surface area contributed by atoms with E-state index in [1.807, 2.05) is 11.8 Å². The van der Waals surface area contributed by atoms with Crippen LogP contribution in [-0.4, -0.2) is 59.7 Å². The molecule has 1 aliphatic rings. The van der Waals surface area contributed by atoms with E-state index in [1.54, 1.807) is 30.3 Å². The second-order valence-electron chi connectivity index (χ2n) is 7.73. The van der Waals surface area contributed by atoms with Crippen LogP contribution in [-0.2, 0) is 17.9 Å². The van der Waals surface area contributed by atoms with E-state index in [0.717, 1.165) is 18.7 Å². The van der Waals surface area contributed by atoms with Crippen molar-refractivity contribution in [2.45, 2.75) is 39.1 Å². The van der Waals surface area contributed by atoms with Crippen LogP contribution in [0.3, 0.4) is 0 Å². The summed E-state index contributed by atoms with van der Waals surface area (Å²) in [5, 5.41) is 9.24. The lowest BCUT2D eigenvalue weighted by atomic mass is 10.1. The number of amides is 1. The Morgan fingerprint density at radius 2 is 1.77 bits per heavy atom. The first kappa shape index (κ1) is 22.1. The molecule has 2 unspecified atom stereocenters. The number of halogens is 1. The van der Waals surface area contributed by atoms with Crippen molar-refractivity contribution in [2.75, 3.05) is 26.8 Å². The van der Waals surface area contributed by atoms with Gasteiger partial charge in [0.05, 0.1) is 13.7 Å². The van der Waals surface area contributed by atoms with Crippen LogP contribution in [0.1, 0.15) is 25.0 Å². The highest BCUT2D eigenvalue weighted by Crippen LogP contribution is 2.28. The predicted molar refractivity (Wildman–Crippen MR) is 112 cm³/mol. The third-order valence-corrected chi connectivity index (χ3v) is 5.50. The molecular weight excluding hydrogens is 387 g/mol. The summed E-state index contributed by atoms with van der Waals surface area (Å²) in [5.74, 6) is 0.640. The van der Waals surface area contributed by atoms with Crippen molar-refractivity contribution in [1.29, 1.82) is 0 Å². The fourth-order valence-corrected chi connectivity index (χ4v) is 3.74. The highest BCUT2D eigenvalue weighted by molar-refractivity contribution is 5.78. The molecule has 162 valence electrons. The SMILES string of the molecule is COc1cc(CO)ccc1OCC(=O)N1CC(C)N(Cc2ccc(F)cc2)CC1C. The lowest BCUT2D eigenvalue weighted by Gasteiger charge is -2.44. The largest absolute Gasteiger partial charge is 0.493 e. The van der Waals surface area contributed by atoms with E-state index in [9.17, 15) is 14.3 Å². The van der Waals surface area contributed by atoms with Gasteiger partial charge in [-0.1, -0.05) is 18.2 Å². The van der Waals surface area contributed by atoms with Crippen molar-refractivity contribution in [3.8, 4) is 11.5 Å². The molecule has 2 aromatic carbocycles. The van der Waals surface area contributed by atoms with Gasteiger partial charge in [0.1, 0.15) is 5.82 Å². The molecule has 0 aliphatic carbocycles. The van der Waals surface area contributed by atoms with E-state index in [0.29, 0.717) is 23.6 Å². The number of carbonyl (C=O) groups is 1. The number of methoxy groups -OCH3 is 1. The zero-order chi connectivity index (χ0) is 21.7. The summed E-state index contributed by atoms with van der Waals surface area (Å²) in [7, 11) is 1.52. The molecule has 7 heteroatoms. The second kappa shape index (κ2) is 9.91. The number of hydrogen-bond donors (Lipinski definition) is 1. The minimum atomic E-state index is -0.238. The van der Waals surface area contributed by atoms with Crippen molar-refractivity contribution >= 4 is 5.91 Å². The summed E-state index contributed by atoms with van der Waals surface area (Å²) in [4.78, 5) is 17.0. The van der Waals surface area contributed by atoms with Crippen LogP contribution >= 0.6 is 0 Å². The van der Waals surface area contributed by atoms with Crippen LogP contribution in [0, 0.1) is 5.82 Å². The number of aliphatic hydroxyl groups is 1. The van der Waals surface area contributed by atoms with Crippen LogP contribution in [0.25, 0.3) is 0 Å². The summed E-state index contributed by atoms with van der Waals surface area (Å²) < 4.78 is 24.1. The first-order valence-corrected chi connectivity index (χ1v) is 10.1. The van der Waals surface area contributed by atoms with Gasteiger partial charge in [-0.15, -0.1) is 0 Å². The molecular formula is C23H29FN2O4. The van der Waals surface area contributed by atoms with E-state index in [2.05, 4.69) is 11.8 Å². The Labute approximate surface area is 176 Å². The molecule has 0 spiro atoms. The van der Waals surface area contributed by atoms with Crippen LogP contribution in [0.2, 0.25) is 0 Å². The van der Waals surface area contributed by atoms with Gasteiger partial charge in [-0.05, 0) is 49.2 Å². The molecule has 0 bridgehead atoms. The molecule has 0 aromatic heterocycles. The molecule has 1 fully saturated rings. The fraction of sp³-hybridized carbons (Fsp3) is 0.435. The van der Waals surface area contributed by atoms with Crippen LogP contribution in [0.5, 0.6) is 11.5 Å². The summed E-state index contributed by atoms with van der Waals surface area (Å²) in [6, 6.07) is 11.9. The van der Waals surface area contributed by atoms with E-state index in [4.69, 9.17) is 9.47 Å². The van der Waals surface area contributed by atoms with Crippen LogP contribution in [0.15, 0.2) is 42.5 Å². The standard InChI is InChI=1S/C23H29FN2O4/c1-16-12-26(17(2)11-25(16)13-18-4-7-20(24)8-5-18)23(28)15-30-21-9-6-19(14-27)10-22(21)29-3/h4-10,16-17,27H,11-15H2,1-3H3. The lowest BCUT2D eigenvalue weighted by Crippen LogP contribution is -2.58. The van der Waals surface area contributed by atoms with Gasteiger partial charge in [0.25, 0.3) is 5.91 Å². The van der Waals surface area contributed by atoms with Gasteiger partial charge in [0, 0.05) is 31.7 Å². The van der Waals surface area contributed by atoms with Crippen molar-refractivity contribution in [3.05, 3.63) is 59.4 Å². The van der Waals surface area contributed by atoms with Crippen molar-refractivity contribution in [3.63, 3.8) is 0 Å². The molecule has 1 heterocycles. The fourth-order valence-electron chi connectivity index (χ4n) is 3.74. The normalized spacial score (nSPS) is 19.6. The maximum Gasteiger partial charge on any atom is 0.260 e. The number of rotatable bonds is 7. The number of nitrogens with zero attached hydrogens (tertiary/aromatic N) is 2.